The molecule has 0 fully saturated rings. The quantitative estimate of drug-likeness (QED) is 0.819. The molecule has 0 aromatic rings. The highest BCUT2D eigenvalue weighted by atomic mass is 19.4. The summed E-state index contributed by atoms with van der Waals surface area (Å²) >= 11 is 0. The molecule has 0 saturated heterocycles. The fraction of sp³-hybridized carbons (Fsp3) is 0.778. The van der Waals surface area contributed by atoms with Gasteiger partial charge >= 0.3 is 12.3 Å². The molecule has 0 aliphatic carbocycles. The van der Waals surface area contributed by atoms with Crippen LogP contribution in [-0.2, 0) is 9.53 Å². The smallest absolute Gasteiger partial charge is 0.422 e. The highest BCUT2D eigenvalue weighted by Gasteiger charge is 2.33. The van der Waals surface area contributed by atoms with E-state index in [0.29, 0.717) is 0 Å². The maximum Gasteiger partial charge on any atom is 0.422 e. The van der Waals surface area contributed by atoms with Crippen molar-refractivity contribution in [1.82, 2.24) is 4.90 Å². The Labute approximate surface area is 96.7 Å². The summed E-state index contributed by atoms with van der Waals surface area (Å²) in [4.78, 5) is 23.0. The number of rotatable bonds is 4. The number of likely N-dealkylation sites (N-methyl/N-ethyl adjacent to an activating group) is 1. The Morgan fingerprint density at radius 3 is 2.12 bits per heavy atom. The van der Waals surface area contributed by atoms with Crippen LogP contribution in [0.3, 0.4) is 0 Å². The lowest BCUT2D eigenvalue weighted by molar-refractivity contribution is -0.162. The Bertz CT molecular complexity index is 292. The first-order valence-corrected chi connectivity index (χ1v) is 4.82. The number of halogens is 3. The Morgan fingerprint density at radius 2 is 1.82 bits per heavy atom. The van der Waals surface area contributed by atoms with E-state index in [9.17, 15) is 22.8 Å². The van der Waals surface area contributed by atoms with Crippen LogP contribution in [0.2, 0.25) is 0 Å². The van der Waals surface area contributed by atoms with E-state index in [1.165, 1.54) is 0 Å². The van der Waals surface area contributed by atoms with Gasteiger partial charge in [-0.15, -0.1) is 0 Å². The molecule has 0 rings (SSSR count). The highest BCUT2D eigenvalue weighted by molar-refractivity contribution is 5.84. The number of amides is 2. The van der Waals surface area contributed by atoms with Gasteiger partial charge in [0.2, 0.25) is 5.91 Å². The Morgan fingerprint density at radius 1 is 1.35 bits per heavy atom. The van der Waals surface area contributed by atoms with Gasteiger partial charge in [-0.1, -0.05) is 13.8 Å². The Kier molecular flexibility index (Phi) is 5.24. The summed E-state index contributed by atoms with van der Waals surface area (Å²) in [5.74, 6) is -1.12. The van der Waals surface area contributed by atoms with Crippen molar-refractivity contribution in [2.24, 2.45) is 11.7 Å². The van der Waals surface area contributed by atoms with Crippen molar-refractivity contribution in [3.63, 3.8) is 0 Å². The number of primary amides is 1. The lowest BCUT2D eigenvalue weighted by Crippen LogP contribution is -2.49. The largest absolute Gasteiger partial charge is 0.440 e. The first kappa shape index (κ1) is 15.5. The molecule has 1 atom stereocenters. The van der Waals surface area contributed by atoms with Crippen LogP contribution >= 0.6 is 0 Å². The monoisotopic (exact) mass is 256 g/mol. The van der Waals surface area contributed by atoms with Gasteiger partial charge < -0.3 is 10.5 Å². The van der Waals surface area contributed by atoms with Crippen LogP contribution in [0.25, 0.3) is 0 Å². The van der Waals surface area contributed by atoms with E-state index in [4.69, 9.17) is 5.73 Å². The first-order chi connectivity index (χ1) is 7.56. The molecule has 0 unspecified atom stereocenters. The SMILES string of the molecule is CC(C)[C@@H](C(N)=O)N(C)C(=O)OCC(F)(F)F. The summed E-state index contributed by atoms with van der Waals surface area (Å²) in [6, 6.07) is -1.00. The average Bonchev–Trinajstić information content (AvgIpc) is 2.11. The van der Waals surface area contributed by atoms with Gasteiger partial charge in [-0.2, -0.15) is 13.2 Å². The third-order valence-corrected chi connectivity index (χ3v) is 1.99. The number of carbonyl (C=O) groups excluding carboxylic acids is 2. The van der Waals surface area contributed by atoms with Gasteiger partial charge in [-0.05, 0) is 5.92 Å². The molecule has 0 aromatic heterocycles. The maximum absolute atomic E-state index is 11.8. The molecule has 0 saturated carbocycles. The first-order valence-electron chi connectivity index (χ1n) is 4.82. The molecular weight excluding hydrogens is 241 g/mol. The fourth-order valence-corrected chi connectivity index (χ4v) is 1.33. The van der Waals surface area contributed by atoms with E-state index in [-0.39, 0.29) is 5.92 Å². The lowest BCUT2D eigenvalue weighted by atomic mass is 10.0. The van der Waals surface area contributed by atoms with E-state index in [1.54, 1.807) is 13.8 Å². The van der Waals surface area contributed by atoms with Gasteiger partial charge in [0.25, 0.3) is 0 Å². The summed E-state index contributed by atoms with van der Waals surface area (Å²) < 4.78 is 39.4. The van der Waals surface area contributed by atoms with Crippen molar-refractivity contribution in [2.75, 3.05) is 13.7 Å². The summed E-state index contributed by atoms with van der Waals surface area (Å²) in [5, 5.41) is 0. The van der Waals surface area contributed by atoms with Gasteiger partial charge in [-0.25, -0.2) is 4.79 Å². The zero-order valence-electron chi connectivity index (χ0n) is 9.75. The van der Waals surface area contributed by atoms with Crippen molar-refractivity contribution < 1.29 is 27.5 Å². The molecule has 0 heterocycles. The molecular formula is C9H15F3N2O3. The summed E-state index contributed by atoms with van der Waals surface area (Å²) in [5.41, 5.74) is 5.05. The number of alkyl halides is 3. The average molecular weight is 256 g/mol. The molecule has 100 valence electrons. The van der Waals surface area contributed by atoms with Crippen LogP contribution in [0.4, 0.5) is 18.0 Å². The summed E-state index contributed by atoms with van der Waals surface area (Å²) in [7, 11) is 1.16. The van der Waals surface area contributed by atoms with E-state index >= 15 is 0 Å². The van der Waals surface area contributed by atoms with Gasteiger partial charge in [0.1, 0.15) is 6.04 Å². The van der Waals surface area contributed by atoms with Crippen molar-refractivity contribution in [1.29, 1.82) is 0 Å². The van der Waals surface area contributed by atoms with Crippen molar-refractivity contribution in [2.45, 2.75) is 26.1 Å². The molecule has 2 N–H and O–H groups in total. The number of nitrogens with two attached hydrogens (primary N) is 1. The van der Waals surface area contributed by atoms with Gasteiger partial charge in [0.05, 0.1) is 0 Å². The minimum absolute atomic E-state index is 0.323. The lowest BCUT2D eigenvalue weighted by Gasteiger charge is -2.27. The van der Waals surface area contributed by atoms with Crippen molar-refractivity contribution in [3.05, 3.63) is 0 Å². The van der Waals surface area contributed by atoms with Crippen LogP contribution < -0.4 is 5.73 Å². The molecule has 2 amide bonds. The number of ether oxygens (including phenoxy) is 1. The van der Waals surface area contributed by atoms with Crippen LogP contribution in [0.5, 0.6) is 0 Å². The summed E-state index contributed by atoms with van der Waals surface area (Å²) in [6.07, 6.45) is -5.84. The number of carbonyl (C=O) groups is 2. The Hall–Kier alpha value is -1.47. The number of hydrogen-bond donors (Lipinski definition) is 1. The predicted molar refractivity (Wildman–Crippen MR) is 53.0 cm³/mol. The normalized spacial score (nSPS) is 13.4. The second-order valence-corrected chi connectivity index (χ2v) is 3.87. The molecule has 0 aliphatic heterocycles. The second kappa shape index (κ2) is 5.74. The minimum atomic E-state index is -4.60. The van der Waals surface area contributed by atoms with Gasteiger partial charge in [0.15, 0.2) is 6.61 Å². The molecule has 0 spiro atoms. The summed E-state index contributed by atoms with van der Waals surface area (Å²) in [6.45, 7) is 1.53. The van der Waals surface area contributed by atoms with Crippen LogP contribution in [0, 0.1) is 5.92 Å². The van der Waals surface area contributed by atoms with Crippen LogP contribution in [-0.4, -0.2) is 42.8 Å². The second-order valence-electron chi connectivity index (χ2n) is 3.87. The Balaban J connectivity index is 4.52. The zero-order chi connectivity index (χ0) is 13.8. The standard InChI is InChI=1S/C9H15F3N2O3/c1-5(2)6(7(13)15)14(3)8(16)17-4-9(10,11)12/h5-6H,4H2,1-3H3,(H2,13,15)/t6-/m0/s1. The maximum atomic E-state index is 11.8. The van der Waals surface area contributed by atoms with E-state index < -0.39 is 30.8 Å². The van der Waals surface area contributed by atoms with E-state index in [0.717, 1.165) is 11.9 Å². The zero-order valence-corrected chi connectivity index (χ0v) is 9.75. The van der Waals surface area contributed by atoms with Crippen molar-refractivity contribution >= 4 is 12.0 Å². The molecule has 0 aromatic carbocycles. The number of nitrogens with zero attached hydrogens (tertiary/aromatic N) is 1. The molecule has 17 heavy (non-hydrogen) atoms. The fourth-order valence-electron chi connectivity index (χ4n) is 1.33. The van der Waals surface area contributed by atoms with Crippen molar-refractivity contribution in [3.8, 4) is 0 Å². The highest BCUT2D eigenvalue weighted by Crippen LogP contribution is 2.16. The van der Waals surface area contributed by atoms with Crippen LogP contribution in [0.15, 0.2) is 0 Å². The van der Waals surface area contributed by atoms with Gasteiger partial charge in [0, 0.05) is 7.05 Å². The van der Waals surface area contributed by atoms with Crippen LogP contribution in [0.1, 0.15) is 13.8 Å². The predicted octanol–water partition coefficient (Wildman–Crippen LogP) is 1.13. The molecule has 8 heteroatoms. The third kappa shape index (κ3) is 5.41. The minimum Gasteiger partial charge on any atom is -0.440 e. The molecule has 0 bridgehead atoms. The topological polar surface area (TPSA) is 72.6 Å². The van der Waals surface area contributed by atoms with Gasteiger partial charge in [-0.3, -0.25) is 9.69 Å². The third-order valence-electron chi connectivity index (χ3n) is 1.99. The van der Waals surface area contributed by atoms with E-state index in [2.05, 4.69) is 4.74 Å². The molecule has 0 radical (unpaired) electrons. The molecule has 0 aliphatic rings. The number of hydrogen-bond acceptors (Lipinski definition) is 3. The molecule has 5 nitrogen and oxygen atoms in total. The van der Waals surface area contributed by atoms with E-state index in [1.807, 2.05) is 0 Å².